The first kappa shape index (κ1) is 18.8. The van der Waals surface area contributed by atoms with Crippen LogP contribution in [0.5, 0.6) is 0 Å². The van der Waals surface area contributed by atoms with Crippen molar-refractivity contribution in [1.82, 2.24) is 5.32 Å². The average Bonchev–Trinajstić information content (AvgIpc) is 3.01. The van der Waals surface area contributed by atoms with Gasteiger partial charge in [-0.3, -0.25) is 4.79 Å². The Balaban J connectivity index is 1.63. The fraction of sp³-hybridized carbons (Fsp3) is 0.500. The van der Waals surface area contributed by atoms with Gasteiger partial charge >= 0.3 is 5.97 Å². The number of rotatable bonds is 6. The van der Waals surface area contributed by atoms with E-state index in [1.807, 2.05) is 30.5 Å². The molecule has 26 heavy (non-hydrogen) atoms. The van der Waals surface area contributed by atoms with Crippen molar-refractivity contribution in [2.45, 2.75) is 44.4 Å². The van der Waals surface area contributed by atoms with Crippen LogP contribution in [0, 0.1) is 5.92 Å². The van der Waals surface area contributed by atoms with Gasteiger partial charge in [0.05, 0.1) is 0 Å². The highest BCUT2D eigenvalue weighted by atomic mass is 32.2. The molecule has 0 radical (unpaired) electrons. The van der Waals surface area contributed by atoms with Crippen molar-refractivity contribution in [2.24, 2.45) is 5.92 Å². The zero-order valence-corrected chi connectivity index (χ0v) is 16.1. The Morgan fingerprint density at radius 3 is 2.81 bits per heavy atom. The molecule has 1 aliphatic carbocycles. The van der Waals surface area contributed by atoms with Gasteiger partial charge in [-0.1, -0.05) is 38.0 Å². The maximum Gasteiger partial charge on any atom is 0.375 e. The molecule has 1 fully saturated rings. The lowest BCUT2D eigenvalue weighted by molar-refractivity contribution is -0.125. The van der Waals surface area contributed by atoms with Crippen molar-refractivity contribution in [3.63, 3.8) is 0 Å². The van der Waals surface area contributed by atoms with E-state index < -0.39 is 5.97 Å². The second-order valence-electron chi connectivity index (χ2n) is 6.85. The van der Waals surface area contributed by atoms with E-state index in [1.54, 1.807) is 11.8 Å². The summed E-state index contributed by atoms with van der Waals surface area (Å²) in [5, 5.41) is 3.90. The zero-order chi connectivity index (χ0) is 18.5. The van der Waals surface area contributed by atoms with Crippen LogP contribution >= 0.6 is 11.8 Å². The summed E-state index contributed by atoms with van der Waals surface area (Å²) < 4.78 is 10.9. The molecule has 1 heterocycles. The first-order valence-electron chi connectivity index (χ1n) is 9.06. The minimum absolute atomic E-state index is 0.174. The Labute approximate surface area is 157 Å². The second-order valence-corrected chi connectivity index (χ2v) is 7.72. The number of carbonyl (C=O) groups excluding carboxylic acids is 2. The maximum absolute atomic E-state index is 12.5. The quantitative estimate of drug-likeness (QED) is 0.768. The van der Waals surface area contributed by atoms with Gasteiger partial charge in [0.1, 0.15) is 5.58 Å². The molecule has 0 saturated heterocycles. The molecule has 140 valence electrons. The molecule has 1 aliphatic rings. The van der Waals surface area contributed by atoms with Crippen LogP contribution in [-0.4, -0.2) is 30.8 Å². The van der Waals surface area contributed by atoms with Crippen molar-refractivity contribution in [2.75, 3.05) is 12.9 Å². The number of esters is 1. The number of benzene rings is 1. The van der Waals surface area contributed by atoms with E-state index >= 15 is 0 Å². The Bertz CT molecular complexity index is 785. The van der Waals surface area contributed by atoms with Crippen LogP contribution in [0.15, 0.2) is 28.7 Å². The van der Waals surface area contributed by atoms with Crippen LogP contribution in [0.4, 0.5) is 0 Å². The highest BCUT2D eigenvalue weighted by molar-refractivity contribution is 7.97. The third-order valence-electron chi connectivity index (χ3n) is 4.96. The van der Waals surface area contributed by atoms with Gasteiger partial charge in [0.25, 0.3) is 5.91 Å². The van der Waals surface area contributed by atoms with E-state index in [-0.39, 0.29) is 24.3 Å². The van der Waals surface area contributed by atoms with Gasteiger partial charge in [-0.15, -0.1) is 0 Å². The Morgan fingerprint density at radius 2 is 2.04 bits per heavy atom. The number of carbonyl (C=O) groups is 2. The third kappa shape index (κ3) is 4.23. The minimum atomic E-state index is -0.586. The molecule has 3 rings (SSSR count). The summed E-state index contributed by atoms with van der Waals surface area (Å²) in [6, 6.07) is 7.71. The van der Waals surface area contributed by atoms with E-state index in [1.165, 1.54) is 6.42 Å². The van der Waals surface area contributed by atoms with Gasteiger partial charge in [0, 0.05) is 22.7 Å². The number of hydrogen-bond donors (Lipinski definition) is 1. The van der Waals surface area contributed by atoms with Crippen LogP contribution in [0.25, 0.3) is 11.0 Å². The molecule has 2 aromatic rings. The summed E-state index contributed by atoms with van der Waals surface area (Å²) in [5.74, 6) is 0.468. The van der Waals surface area contributed by atoms with Gasteiger partial charge in [-0.05, 0) is 31.1 Å². The van der Waals surface area contributed by atoms with Gasteiger partial charge in [-0.2, -0.15) is 11.8 Å². The lowest BCUT2D eigenvalue weighted by Crippen LogP contribution is -2.42. The van der Waals surface area contributed by atoms with E-state index in [2.05, 4.69) is 12.2 Å². The SMILES string of the molecule is CSCc1c(C(=O)OCC(=O)N[C@H]2CCCC[C@H]2C)oc2ccccc12. The first-order valence-corrected chi connectivity index (χ1v) is 10.5. The number of furan rings is 1. The normalized spacial score (nSPS) is 20.1. The Kier molecular flexibility index (Phi) is 6.25. The summed E-state index contributed by atoms with van der Waals surface area (Å²) in [7, 11) is 0. The van der Waals surface area contributed by atoms with E-state index in [9.17, 15) is 9.59 Å². The smallest absolute Gasteiger partial charge is 0.375 e. The molecule has 1 saturated carbocycles. The molecule has 0 bridgehead atoms. The molecule has 2 atom stereocenters. The van der Waals surface area contributed by atoms with Crippen molar-refractivity contribution in [3.8, 4) is 0 Å². The average molecular weight is 375 g/mol. The standard InChI is InChI=1S/C20H25NO4S/c1-13-7-3-5-9-16(13)21-18(22)11-24-20(23)19-15(12-26-2)14-8-4-6-10-17(14)25-19/h4,6,8,10,13,16H,3,5,7,9,11-12H2,1-2H3,(H,21,22)/t13-,16+/m1/s1. The number of nitrogens with one attached hydrogen (secondary N) is 1. The predicted molar refractivity (Wildman–Crippen MR) is 103 cm³/mol. The van der Waals surface area contributed by atoms with Crippen LogP contribution in [-0.2, 0) is 15.3 Å². The predicted octanol–water partition coefficient (Wildman–Crippen LogP) is 4.15. The maximum atomic E-state index is 12.5. The number of hydrogen-bond acceptors (Lipinski definition) is 5. The first-order chi connectivity index (χ1) is 12.6. The van der Waals surface area contributed by atoms with Crippen LogP contribution in [0.1, 0.15) is 48.7 Å². The lowest BCUT2D eigenvalue weighted by atomic mass is 9.86. The molecular formula is C20H25NO4S. The van der Waals surface area contributed by atoms with Gasteiger partial charge in [0.15, 0.2) is 6.61 Å². The summed E-state index contributed by atoms with van der Waals surface area (Å²) >= 11 is 1.61. The number of thioether (sulfide) groups is 1. The molecule has 1 aromatic carbocycles. The van der Waals surface area contributed by atoms with Crippen LogP contribution in [0.2, 0.25) is 0 Å². The molecule has 6 heteroatoms. The number of ether oxygens (including phenoxy) is 1. The van der Waals surface area contributed by atoms with Crippen molar-refractivity contribution >= 4 is 34.6 Å². The van der Waals surface area contributed by atoms with E-state index in [0.29, 0.717) is 17.3 Å². The summed E-state index contributed by atoms with van der Waals surface area (Å²) in [6.45, 7) is 1.87. The van der Waals surface area contributed by atoms with E-state index in [0.717, 1.165) is 30.2 Å². The Morgan fingerprint density at radius 1 is 1.27 bits per heavy atom. The molecule has 0 unspecified atom stereocenters. The minimum Gasteiger partial charge on any atom is -0.450 e. The molecule has 1 amide bonds. The van der Waals surface area contributed by atoms with Crippen molar-refractivity contribution in [1.29, 1.82) is 0 Å². The summed E-state index contributed by atoms with van der Waals surface area (Å²) in [5.41, 5.74) is 1.48. The zero-order valence-electron chi connectivity index (χ0n) is 15.2. The Hall–Kier alpha value is -1.95. The van der Waals surface area contributed by atoms with Crippen LogP contribution < -0.4 is 5.32 Å². The number of amides is 1. The van der Waals surface area contributed by atoms with Gasteiger partial charge < -0.3 is 14.5 Å². The molecule has 5 nitrogen and oxygen atoms in total. The van der Waals surface area contributed by atoms with E-state index in [4.69, 9.17) is 9.15 Å². The molecule has 0 aliphatic heterocycles. The fourth-order valence-electron chi connectivity index (χ4n) is 3.53. The largest absolute Gasteiger partial charge is 0.450 e. The lowest BCUT2D eigenvalue weighted by Gasteiger charge is -2.29. The topological polar surface area (TPSA) is 68.5 Å². The highest BCUT2D eigenvalue weighted by Gasteiger charge is 2.25. The molecular weight excluding hydrogens is 350 g/mol. The number of fused-ring (bicyclic) bond motifs is 1. The monoisotopic (exact) mass is 375 g/mol. The van der Waals surface area contributed by atoms with Crippen LogP contribution in [0.3, 0.4) is 0 Å². The van der Waals surface area contributed by atoms with Crippen molar-refractivity contribution < 1.29 is 18.7 Å². The molecule has 1 aromatic heterocycles. The highest BCUT2D eigenvalue weighted by Crippen LogP contribution is 2.29. The number of para-hydroxylation sites is 1. The summed E-state index contributed by atoms with van der Waals surface area (Å²) in [4.78, 5) is 24.6. The van der Waals surface area contributed by atoms with Gasteiger partial charge in [0.2, 0.25) is 5.76 Å². The van der Waals surface area contributed by atoms with Gasteiger partial charge in [-0.25, -0.2) is 4.79 Å². The summed E-state index contributed by atoms with van der Waals surface area (Å²) in [6.07, 6.45) is 6.43. The third-order valence-corrected chi connectivity index (χ3v) is 5.54. The molecule has 1 N–H and O–H groups in total. The fourth-order valence-corrected chi connectivity index (χ4v) is 4.10. The second kappa shape index (κ2) is 8.62. The molecule has 0 spiro atoms. The van der Waals surface area contributed by atoms with Crippen molar-refractivity contribution in [3.05, 3.63) is 35.6 Å².